The number of hydrogen-bond acceptors (Lipinski definition) is 3. The van der Waals surface area contributed by atoms with E-state index in [0.29, 0.717) is 23.8 Å². The largest absolute Gasteiger partial charge is 0.461 e. The van der Waals surface area contributed by atoms with Gasteiger partial charge in [0.05, 0.1) is 18.1 Å². The van der Waals surface area contributed by atoms with E-state index in [1.54, 1.807) is 19.2 Å². The summed E-state index contributed by atoms with van der Waals surface area (Å²) in [6.45, 7) is 4.19. The Morgan fingerprint density at radius 1 is 1.50 bits per heavy atom. The Labute approximate surface area is 113 Å². The van der Waals surface area contributed by atoms with Crippen molar-refractivity contribution in [3.05, 3.63) is 18.0 Å². The van der Waals surface area contributed by atoms with Crippen molar-refractivity contribution in [3.8, 4) is 0 Å². The number of amidine groups is 1. The van der Waals surface area contributed by atoms with E-state index in [0.717, 1.165) is 19.3 Å². The van der Waals surface area contributed by atoms with E-state index in [2.05, 4.69) is 16.9 Å². The minimum absolute atomic E-state index is 0. The first-order chi connectivity index (χ1) is 8.19. The normalized spacial score (nSPS) is 10.9. The number of ether oxygens (including phenoxy) is 1. The molecule has 1 aromatic heterocycles. The molecule has 0 aliphatic carbocycles. The van der Waals surface area contributed by atoms with Crippen molar-refractivity contribution in [2.75, 3.05) is 6.61 Å². The molecule has 0 unspecified atom stereocenters. The molecule has 0 saturated heterocycles. The van der Waals surface area contributed by atoms with Crippen LogP contribution in [0.5, 0.6) is 0 Å². The van der Waals surface area contributed by atoms with Crippen LogP contribution in [0.25, 0.3) is 0 Å². The fourth-order valence-electron chi connectivity index (χ4n) is 1.39. The smallest absolute Gasteiger partial charge is 0.356 e. The molecule has 0 fully saturated rings. The number of H-pyrrole nitrogens is 1. The van der Waals surface area contributed by atoms with Gasteiger partial charge in [-0.1, -0.05) is 13.3 Å². The summed E-state index contributed by atoms with van der Waals surface area (Å²) < 4.78 is 4.91. The van der Waals surface area contributed by atoms with Gasteiger partial charge in [0.15, 0.2) is 5.69 Å². The third kappa shape index (κ3) is 4.79. The Balaban J connectivity index is 0.00000289. The highest BCUT2D eigenvalue weighted by Gasteiger charge is 2.13. The molecule has 102 valence electrons. The van der Waals surface area contributed by atoms with Crippen LogP contribution in [-0.4, -0.2) is 23.4 Å². The van der Waals surface area contributed by atoms with Crippen LogP contribution in [0.15, 0.2) is 17.3 Å². The van der Waals surface area contributed by atoms with E-state index in [4.69, 9.17) is 10.5 Å². The Morgan fingerprint density at radius 3 is 2.83 bits per heavy atom. The molecule has 0 aromatic carbocycles. The second kappa shape index (κ2) is 8.58. The summed E-state index contributed by atoms with van der Waals surface area (Å²) in [5, 5.41) is 0. The molecular weight excluding hydrogens is 254 g/mol. The molecule has 0 radical (unpaired) electrons. The van der Waals surface area contributed by atoms with Crippen molar-refractivity contribution >= 4 is 29.9 Å². The van der Waals surface area contributed by atoms with Crippen molar-refractivity contribution in [3.63, 3.8) is 0 Å². The van der Waals surface area contributed by atoms with Crippen LogP contribution in [0.4, 0.5) is 5.69 Å². The van der Waals surface area contributed by atoms with Crippen LogP contribution < -0.4 is 5.73 Å². The van der Waals surface area contributed by atoms with Crippen LogP contribution in [0, 0.1) is 0 Å². The Morgan fingerprint density at radius 2 is 2.22 bits per heavy atom. The lowest BCUT2D eigenvalue weighted by Gasteiger charge is -2.02. The monoisotopic (exact) mass is 273 g/mol. The van der Waals surface area contributed by atoms with E-state index in [1.165, 1.54) is 0 Å². The highest BCUT2D eigenvalue weighted by atomic mass is 35.5. The van der Waals surface area contributed by atoms with Gasteiger partial charge in [-0.25, -0.2) is 9.79 Å². The predicted molar refractivity (Wildman–Crippen MR) is 74.8 cm³/mol. The third-order valence-corrected chi connectivity index (χ3v) is 2.26. The Bertz CT molecular complexity index is 402. The van der Waals surface area contributed by atoms with Gasteiger partial charge in [0, 0.05) is 12.6 Å². The zero-order valence-electron chi connectivity index (χ0n) is 10.7. The number of hydrogen-bond donors (Lipinski definition) is 2. The summed E-state index contributed by atoms with van der Waals surface area (Å²) >= 11 is 0. The van der Waals surface area contributed by atoms with Gasteiger partial charge in [-0.2, -0.15) is 0 Å². The lowest BCUT2D eigenvalue weighted by atomic mass is 10.2. The van der Waals surface area contributed by atoms with Crippen LogP contribution in [-0.2, 0) is 4.74 Å². The van der Waals surface area contributed by atoms with E-state index in [-0.39, 0.29) is 12.4 Å². The maximum atomic E-state index is 11.6. The van der Waals surface area contributed by atoms with E-state index in [9.17, 15) is 4.79 Å². The minimum Gasteiger partial charge on any atom is -0.461 e. The maximum Gasteiger partial charge on any atom is 0.356 e. The van der Waals surface area contributed by atoms with Crippen molar-refractivity contribution in [2.45, 2.75) is 33.1 Å². The molecular formula is C12H20ClN3O2. The number of rotatable bonds is 6. The van der Waals surface area contributed by atoms with Crippen LogP contribution >= 0.6 is 12.4 Å². The molecule has 0 saturated carbocycles. The molecule has 0 bridgehead atoms. The number of carbonyl (C=O) groups is 1. The zero-order valence-corrected chi connectivity index (χ0v) is 11.5. The van der Waals surface area contributed by atoms with Gasteiger partial charge in [0.25, 0.3) is 0 Å². The van der Waals surface area contributed by atoms with Crippen molar-refractivity contribution in [1.29, 1.82) is 0 Å². The van der Waals surface area contributed by atoms with Gasteiger partial charge in [-0.05, 0) is 19.4 Å². The van der Waals surface area contributed by atoms with E-state index < -0.39 is 5.97 Å². The highest BCUT2D eigenvalue weighted by molar-refractivity contribution is 5.95. The predicted octanol–water partition coefficient (Wildman–Crippen LogP) is 2.79. The van der Waals surface area contributed by atoms with Gasteiger partial charge >= 0.3 is 5.97 Å². The minimum atomic E-state index is -0.403. The van der Waals surface area contributed by atoms with Crippen molar-refractivity contribution in [1.82, 2.24) is 4.98 Å². The SMILES string of the molecule is CCCCC(N)=Nc1cc[nH]c1C(=O)OCC.Cl. The number of aromatic nitrogens is 1. The summed E-state index contributed by atoms with van der Waals surface area (Å²) in [6, 6.07) is 1.71. The molecule has 3 N–H and O–H groups in total. The first kappa shape index (κ1) is 16.5. The van der Waals surface area contributed by atoms with E-state index >= 15 is 0 Å². The Hall–Kier alpha value is -1.49. The quantitative estimate of drug-likeness (QED) is 0.475. The summed E-state index contributed by atoms with van der Waals surface area (Å²) in [4.78, 5) is 18.6. The second-order valence-electron chi connectivity index (χ2n) is 3.67. The molecule has 1 rings (SSSR count). The first-order valence-corrected chi connectivity index (χ1v) is 5.86. The number of nitrogens with zero attached hydrogens (tertiary/aromatic N) is 1. The molecule has 0 aliphatic rings. The molecule has 0 spiro atoms. The number of aliphatic imine (C=N–C) groups is 1. The number of unbranched alkanes of at least 4 members (excludes halogenated alkanes) is 1. The summed E-state index contributed by atoms with van der Waals surface area (Å²) in [5.74, 6) is 0.136. The number of nitrogens with one attached hydrogen (secondary N) is 1. The van der Waals surface area contributed by atoms with Gasteiger partial charge in [-0.3, -0.25) is 0 Å². The lowest BCUT2D eigenvalue weighted by molar-refractivity contribution is 0.0521. The topological polar surface area (TPSA) is 80.5 Å². The molecule has 0 aliphatic heterocycles. The fourth-order valence-corrected chi connectivity index (χ4v) is 1.39. The molecule has 0 amide bonds. The number of nitrogens with two attached hydrogens (primary N) is 1. The summed E-state index contributed by atoms with van der Waals surface area (Å²) in [5.41, 5.74) is 6.67. The number of carbonyl (C=O) groups excluding carboxylic acids is 1. The van der Waals surface area contributed by atoms with Gasteiger partial charge in [0.2, 0.25) is 0 Å². The third-order valence-electron chi connectivity index (χ3n) is 2.26. The molecule has 6 heteroatoms. The van der Waals surface area contributed by atoms with Gasteiger partial charge in [0.1, 0.15) is 0 Å². The number of halogens is 1. The standard InChI is InChI=1S/C12H19N3O2.ClH/c1-3-5-6-10(13)15-9-7-8-14-11(9)12(16)17-4-2;/h7-8,14H,3-6H2,1-2H3,(H2,13,15);1H. The molecule has 1 heterocycles. The first-order valence-electron chi connectivity index (χ1n) is 5.86. The number of aromatic amines is 1. The van der Waals surface area contributed by atoms with Crippen LogP contribution in [0.1, 0.15) is 43.6 Å². The maximum absolute atomic E-state index is 11.6. The fraction of sp³-hybridized carbons (Fsp3) is 0.500. The average Bonchev–Trinajstić information content (AvgIpc) is 2.75. The lowest BCUT2D eigenvalue weighted by Crippen LogP contribution is -2.11. The van der Waals surface area contributed by atoms with Gasteiger partial charge in [-0.15, -0.1) is 12.4 Å². The van der Waals surface area contributed by atoms with Crippen molar-refractivity contribution < 1.29 is 9.53 Å². The van der Waals surface area contributed by atoms with Crippen LogP contribution in [0.3, 0.4) is 0 Å². The molecule has 5 nitrogen and oxygen atoms in total. The average molecular weight is 274 g/mol. The second-order valence-corrected chi connectivity index (χ2v) is 3.67. The molecule has 18 heavy (non-hydrogen) atoms. The van der Waals surface area contributed by atoms with Crippen LogP contribution in [0.2, 0.25) is 0 Å². The highest BCUT2D eigenvalue weighted by Crippen LogP contribution is 2.18. The Kier molecular flexibility index (Phi) is 7.87. The molecule has 0 atom stereocenters. The number of esters is 1. The van der Waals surface area contributed by atoms with Gasteiger partial charge < -0.3 is 15.5 Å². The van der Waals surface area contributed by atoms with E-state index in [1.807, 2.05) is 0 Å². The summed E-state index contributed by atoms with van der Waals surface area (Å²) in [6.07, 6.45) is 4.45. The summed E-state index contributed by atoms with van der Waals surface area (Å²) in [7, 11) is 0. The molecule has 1 aromatic rings. The zero-order chi connectivity index (χ0) is 12.7. The van der Waals surface area contributed by atoms with Crippen molar-refractivity contribution in [2.24, 2.45) is 10.7 Å².